The van der Waals surface area contributed by atoms with Gasteiger partial charge in [0.1, 0.15) is 6.54 Å². The molecule has 2 heterocycles. The van der Waals surface area contributed by atoms with E-state index in [1.165, 1.54) is 21.2 Å². The molecule has 0 N–H and O–H groups in total. The molecule has 1 aliphatic heterocycles. The number of rotatable bonds is 8. The van der Waals surface area contributed by atoms with Crippen molar-refractivity contribution < 1.29 is 22.7 Å². The molecule has 0 spiro atoms. The Hall–Kier alpha value is -2.04. The van der Waals surface area contributed by atoms with E-state index in [0.29, 0.717) is 24.2 Å². The lowest BCUT2D eigenvalue weighted by Crippen LogP contribution is -2.41. The highest BCUT2D eigenvalue weighted by Crippen LogP contribution is 2.22. The number of thiazole rings is 1. The molecule has 3 rings (SSSR count). The van der Waals surface area contributed by atoms with Crippen molar-refractivity contribution in [2.24, 2.45) is 10.9 Å². The van der Waals surface area contributed by atoms with Crippen molar-refractivity contribution in [2.45, 2.75) is 52.5 Å². The first-order valence-electron chi connectivity index (χ1n) is 11.0. The lowest BCUT2D eigenvalue weighted by molar-refractivity contribution is -0.143. The Balaban J connectivity index is 1.97. The van der Waals surface area contributed by atoms with Crippen LogP contribution in [-0.4, -0.2) is 55.1 Å². The van der Waals surface area contributed by atoms with Gasteiger partial charge in [0.25, 0.3) is 5.91 Å². The van der Waals surface area contributed by atoms with Gasteiger partial charge in [-0.2, -0.15) is 4.99 Å². The number of nitrogens with zero attached hydrogens (tertiary/aromatic N) is 3. The molecule has 0 bridgehead atoms. The van der Waals surface area contributed by atoms with Crippen molar-refractivity contribution in [1.82, 2.24) is 8.87 Å². The first-order valence-corrected chi connectivity index (χ1v) is 13.7. The van der Waals surface area contributed by atoms with E-state index in [0.717, 1.165) is 35.7 Å². The highest BCUT2D eigenvalue weighted by molar-refractivity contribution is 7.88. The minimum absolute atomic E-state index is 0.0333. The quantitative estimate of drug-likeness (QED) is 0.540. The lowest BCUT2D eigenvalue weighted by atomic mass is 9.99. The number of ether oxygens (including phenoxy) is 1. The van der Waals surface area contributed by atoms with E-state index in [2.05, 4.69) is 18.0 Å². The molecule has 1 aromatic heterocycles. The van der Waals surface area contributed by atoms with Crippen LogP contribution in [0.5, 0.6) is 0 Å². The second-order valence-electron chi connectivity index (χ2n) is 8.09. The van der Waals surface area contributed by atoms with Gasteiger partial charge in [-0.05, 0) is 50.3 Å². The van der Waals surface area contributed by atoms with Gasteiger partial charge in [0.15, 0.2) is 4.80 Å². The lowest BCUT2D eigenvalue weighted by Gasteiger charge is -2.28. The van der Waals surface area contributed by atoms with Gasteiger partial charge >= 0.3 is 5.97 Å². The number of esters is 1. The number of benzene rings is 1. The third-order valence-electron chi connectivity index (χ3n) is 5.57. The number of hydrogen-bond acceptors (Lipinski definition) is 6. The van der Waals surface area contributed by atoms with Crippen LogP contribution in [0.2, 0.25) is 0 Å². The second-order valence-corrected chi connectivity index (χ2v) is 11.1. The van der Waals surface area contributed by atoms with Crippen molar-refractivity contribution >= 4 is 43.5 Å². The molecule has 1 amide bonds. The minimum atomic E-state index is -3.35. The van der Waals surface area contributed by atoms with Crippen molar-refractivity contribution in [3.8, 4) is 0 Å². The van der Waals surface area contributed by atoms with E-state index >= 15 is 0 Å². The molecule has 1 unspecified atom stereocenters. The average molecular weight is 482 g/mol. The van der Waals surface area contributed by atoms with Gasteiger partial charge in [0.2, 0.25) is 10.0 Å². The number of amides is 1. The van der Waals surface area contributed by atoms with Gasteiger partial charge in [-0.3, -0.25) is 9.59 Å². The zero-order valence-electron chi connectivity index (χ0n) is 18.9. The van der Waals surface area contributed by atoms with E-state index in [-0.39, 0.29) is 25.6 Å². The van der Waals surface area contributed by atoms with Crippen molar-refractivity contribution in [1.29, 1.82) is 0 Å². The predicted molar refractivity (Wildman–Crippen MR) is 125 cm³/mol. The van der Waals surface area contributed by atoms with Gasteiger partial charge in [-0.15, -0.1) is 0 Å². The van der Waals surface area contributed by atoms with Crippen LogP contribution in [0.1, 0.15) is 45.1 Å². The molecular weight excluding hydrogens is 450 g/mol. The number of aryl methyl sites for hydroxylation is 1. The number of unbranched alkanes of at least 4 members (excludes halogenated alkanes) is 1. The van der Waals surface area contributed by atoms with Gasteiger partial charge in [-0.1, -0.05) is 30.7 Å². The second kappa shape index (κ2) is 10.7. The van der Waals surface area contributed by atoms with Crippen molar-refractivity contribution in [3.63, 3.8) is 0 Å². The van der Waals surface area contributed by atoms with Crippen LogP contribution in [-0.2, 0) is 37.3 Å². The zero-order chi connectivity index (χ0) is 23.3. The molecule has 10 heteroatoms. The summed E-state index contributed by atoms with van der Waals surface area (Å²) in [7, 11) is -3.35. The molecule has 0 saturated carbocycles. The molecule has 1 atom stereocenters. The van der Waals surface area contributed by atoms with Crippen molar-refractivity contribution in [3.05, 3.63) is 28.6 Å². The van der Waals surface area contributed by atoms with E-state index in [1.54, 1.807) is 11.5 Å². The number of piperidine rings is 1. The van der Waals surface area contributed by atoms with E-state index in [1.807, 2.05) is 12.1 Å². The van der Waals surface area contributed by atoms with Gasteiger partial charge in [-0.25, -0.2) is 12.7 Å². The summed E-state index contributed by atoms with van der Waals surface area (Å²) >= 11 is 1.37. The summed E-state index contributed by atoms with van der Waals surface area (Å²) in [4.78, 5) is 30.0. The molecule has 1 aliphatic rings. The molecule has 1 fully saturated rings. The maximum absolute atomic E-state index is 13.0. The van der Waals surface area contributed by atoms with Gasteiger partial charge in [0.05, 0.1) is 29.0 Å². The maximum Gasteiger partial charge on any atom is 0.326 e. The SMILES string of the molecule is CCCCc1ccc2c(c1)sc(=NC(=O)C1CCCN(S(C)(=O)=O)C1)n2CC(=O)OCC. The molecule has 0 aliphatic carbocycles. The third-order valence-corrected chi connectivity index (χ3v) is 7.88. The van der Waals surface area contributed by atoms with Gasteiger partial charge in [0, 0.05) is 13.1 Å². The predicted octanol–water partition coefficient (Wildman–Crippen LogP) is 2.71. The number of carbonyl (C=O) groups is 2. The van der Waals surface area contributed by atoms with Crippen molar-refractivity contribution in [2.75, 3.05) is 26.0 Å². The summed E-state index contributed by atoms with van der Waals surface area (Å²) in [6, 6.07) is 6.10. The van der Waals surface area contributed by atoms with E-state index in [4.69, 9.17) is 4.74 Å². The zero-order valence-corrected chi connectivity index (χ0v) is 20.5. The smallest absolute Gasteiger partial charge is 0.326 e. The summed E-state index contributed by atoms with van der Waals surface area (Å²) in [5, 5.41) is 0. The third kappa shape index (κ3) is 6.05. The highest BCUT2D eigenvalue weighted by Gasteiger charge is 2.30. The molecule has 8 nitrogen and oxygen atoms in total. The summed E-state index contributed by atoms with van der Waals surface area (Å²) in [6.45, 7) is 4.71. The highest BCUT2D eigenvalue weighted by atomic mass is 32.2. The summed E-state index contributed by atoms with van der Waals surface area (Å²) < 4.78 is 32.9. The Labute approximate surface area is 193 Å². The van der Waals surface area contributed by atoms with Crippen LogP contribution in [0, 0.1) is 5.92 Å². The Kier molecular flexibility index (Phi) is 8.24. The van der Waals surface area contributed by atoms with Crippen LogP contribution in [0.15, 0.2) is 23.2 Å². The Morgan fingerprint density at radius 3 is 2.75 bits per heavy atom. The average Bonchev–Trinajstić information content (AvgIpc) is 3.08. The normalized spacial score (nSPS) is 18.2. The largest absolute Gasteiger partial charge is 0.465 e. The van der Waals surface area contributed by atoms with E-state index < -0.39 is 21.9 Å². The first kappa shape index (κ1) is 24.6. The number of hydrogen-bond donors (Lipinski definition) is 0. The molecular formula is C22H31N3O5S2. The molecule has 32 heavy (non-hydrogen) atoms. The monoisotopic (exact) mass is 481 g/mol. The molecule has 176 valence electrons. The van der Waals surface area contributed by atoms with E-state index in [9.17, 15) is 18.0 Å². The first-order chi connectivity index (χ1) is 15.2. The summed E-state index contributed by atoms with van der Waals surface area (Å²) in [6.07, 6.45) is 5.54. The van der Waals surface area contributed by atoms with Crippen LogP contribution < -0.4 is 4.80 Å². The Bertz CT molecular complexity index is 1150. The topological polar surface area (TPSA) is 98.0 Å². The van der Waals surface area contributed by atoms with Crippen LogP contribution in [0.3, 0.4) is 0 Å². The standard InChI is InChI=1S/C22H31N3O5S2/c1-4-6-8-16-10-11-18-19(13-16)31-22(25(18)15-20(26)30-5-2)23-21(27)17-9-7-12-24(14-17)32(3,28)29/h10-11,13,17H,4-9,12,14-15H2,1-3H3. The van der Waals surface area contributed by atoms with Crippen LogP contribution >= 0.6 is 11.3 Å². The number of sulfonamides is 1. The fraction of sp³-hybridized carbons (Fsp3) is 0.591. The number of carbonyl (C=O) groups excluding carboxylic acids is 2. The van der Waals surface area contributed by atoms with Crippen LogP contribution in [0.4, 0.5) is 0 Å². The number of aromatic nitrogens is 1. The number of fused-ring (bicyclic) bond motifs is 1. The molecule has 1 aromatic carbocycles. The maximum atomic E-state index is 13.0. The molecule has 0 radical (unpaired) electrons. The van der Waals surface area contributed by atoms with Gasteiger partial charge < -0.3 is 9.30 Å². The summed E-state index contributed by atoms with van der Waals surface area (Å²) in [5.41, 5.74) is 2.04. The molecule has 2 aromatic rings. The Morgan fingerprint density at radius 1 is 1.28 bits per heavy atom. The summed E-state index contributed by atoms with van der Waals surface area (Å²) in [5.74, 6) is -1.23. The fourth-order valence-corrected chi connectivity index (χ4v) is 5.87. The molecule has 1 saturated heterocycles. The Morgan fingerprint density at radius 2 is 2.06 bits per heavy atom. The minimum Gasteiger partial charge on any atom is -0.465 e. The van der Waals surface area contributed by atoms with Crippen LogP contribution in [0.25, 0.3) is 10.2 Å². The fourth-order valence-electron chi connectivity index (χ4n) is 3.86.